The standard InChI is InChI=1S/C44H36BrNO7/c1-52-36-21-25(22-37(53-2)41(36)49)13-20-34-30-18-19-31-39(43(51)46(42(31)50)29-16-14-28(45)15-17-29)33(30)23-35-40(48)32(26-9-5-3-6-10-26)24-38(47)44(34,35)27-11-7-4-8-12-27/h3-18,20-22,24,31,33-35,39,49H,19,23H2,1-2H3/t31-,33+,34-,35-,39-,44-/m0/s1. The van der Waals surface area contributed by atoms with Gasteiger partial charge in [-0.05, 0) is 77.9 Å². The van der Waals surface area contributed by atoms with Gasteiger partial charge in [-0.25, -0.2) is 0 Å². The number of ketones is 2. The third-order valence-electron chi connectivity index (χ3n) is 11.5. The van der Waals surface area contributed by atoms with E-state index in [9.17, 15) is 14.7 Å². The van der Waals surface area contributed by atoms with Gasteiger partial charge in [-0.3, -0.25) is 24.1 Å². The molecule has 0 aromatic heterocycles. The lowest BCUT2D eigenvalue weighted by Gasteiger charge is -2.54. The molecule has 8 nitrogen and oxygen atoms in total. The minimum Gasteiger partial charge on any atom is -0.502 e. The van der Waals surface area contributed by atoms with Crippen LogP contribution in [0, 0.1) is 29.6 Å². The van der Waals surface area contributed by atoms with Crippen molar-refractivity contribution < 1.29 is 33.8 Å². The number of benzene rings is 4. The molecule has 9 heteroatoms. The number of ether oxygens (including phenoxy) is 2. The zero-order chi connectivity index (χ0) is 37.0. The second kappa shape index (κ2) is 13.5. The summed E-state index contributed by atoms with van der Waals surface area (Å²) in [6, 6.07) is 29.1. The molecule has 4 aliphatic rings. The maximum absolute atomic E-state index is 15.1. The van der Waals surface area contributed by atoms with Gasteiger partial charge >= 0.3 is 0 Å². The molecule has 0 unspecified atom stereocenters. The summed E-state index contributed by atoms with van der Waals surface area (Å²) in [7, 11) is 2.90. The largest absolute Gasteiger partial charge is 0.502 e. The summed E-state index contributed by atoms with van der Waals surface area (Å²) < 4.78 is 11.7. The number of amides is 2. The van der Waals surface area contributed by atoms with Crippen molar-refractivity contribution in [3.05, 3.63) is 142 Å². The number of hydrogen-bond donors (Lipinski definition) is 1. The lowest BCUT2D eigenvalue weighted by atomic mass is 9.45. The number of fused-ring (bicyclic) bond motifs is 4. The number of rotatable bonds is 7. The minimum atomic E-state index is -1.34. The third kappa shape index (κ3) is 5.40. The summed E-state index contributed by atoms with van der Waals surface area (Å²) in [4.78, 5) is 60.0. The highest BCUT2D eigenvalue weighted by atomic mass is 79.9. The Morgan fingerprint density at radius 2 is 1.47 bits per heavy atom. The zero-order valence-corrected chi connectivity index (χ0v) is 30.7. The van der Waals surface area contributed by atoms with Gasteiger partial charge in [0.15, 0.2) is 23.1 Å². The maximum Gasteiger partial charge on any atom is 0.238 e. The summed E-state index contributed by atoms with van der Waals surface area (Å²) >= 11 is 3.44. The monoisotopic (exact) mass is 769 g/mol. The molecule has 2 amide bonds. The van der Waals surface area contributed by atoms with Gasteiger partial charge in [-0.1, -0.05) is 100 Å². The van der Waals surface area contributed by atoms with Crippen molar-refractivity contribution in [2.75, 3.05) is 19.1 Å². The maximum atomic E-state index is 15.1. The van der Waals surface area contributed by atoms with Gasteiger partial charge in [0.05, 0.1) is 37.2 Å². The van der Waals surface area contributed by atoms with E-state index >= 15 is 9.59 Å². The summed E-state index contributed by atoms with van der Waals surface area (Å²) in [5.41, 5.74) is 2.35. The van der Waals surface area contributed by atoms with Gasteiger partial charge in [-0.15, -0.1) is 0 Å². The molecule has 1 aliphatic heterocycles. The second-order valence-electron chi connectivity index (χ2n) is 14.0. The van der Waals surface area contributed by atoms with Crippen molar-refractivity contribution in [2.45, 2.75) is 18.3 Å². The number of Topliss-reactive ketones (excluding diaryl/α,β-unsaturated/α-hetero) is 1. The number of hydrogen-bond acceptors (Lipinski definition) is 7. The molecule has 1 saturated heterocycles. The SMILES string of the molecule is COc1cc(C=C[C@H]2C3=CC[C@@H]4C(=O)N(c5ccc(Br)cc5)C(=O)[C@@H]4[C@@H]3C[C@H]3C(=O)C(c4ccccc4)=CC(=O)[C@@]23c2ccccc2)cc(OC)c1O. The van der Waals surface area contributed by atoms with E-state index in [1.54, 1.807) is 36.4 Å². The van der Waals surface area contributed by atoms with Crippen molar-refractivity contribution in [1.29, 1.82) is 0 Å². The zero-order valence-electron chi connectivity index (χ0n) is 29.1. The number of halogens is 1. The first-order valence-electron chi connectivity index (χ1n) is 17.6. The van der Waals surface area contributed by atoms with E-state index < -0.39 is 35.0 Å². The van der Waals surface area contributed by atoms with E-state index in [1.165, 1.54) is 25.2 Å². The van der Waals surface area contributed by atoms with Crippen LogP contribution in [0.5, 0.6) is 17.2 Å². The molecule has 1 heterocycles. The fraction of sp³-hybridized carbons (Fsp3) is 0.227. The Morgan fingerprint density at radius 3 is 2.11 bits per heavy atom. The van der Waals surface area contributed by atoms with Crippen LogP contribution < -0.4 is 14.4 Å². The Labute approximate surface area is 315 Å². The Balaban J connectivity index is 1.33. The normalized spacial score (nSPS) is 26.5. The van der Waals surface area contributed by atoms with Crippen LogP contribution in [-0.4, -0.2) is 42.7 Å². The summed E-state index contributed by atoms with van der Waals surface area (Å²) in [5, 5.41) is 10.6. The molecule has 8 rings (SSSR count). The van der Waals surface area contributed by atoms with Crippen molar-refractivity contribution in [3.63, 3.8) is 0 Å². The summed E-state index contributed by atoms with van der Waals surface area (Å²) in [6.07, 6.45) is 7.85. The number of aromatic hydroxyl groups is 1. The number of phenolic OH excluding ortho intramolecular Hbond substituents is 1. The van der Waals surface area contributed by atoms with E-state index in [1.807, 2.05) is 78.9 Å². The number of imide groups is 1. The van der Waals surface area contributed by atoms with E-state index in [-0.39, 0.29) is 47.1 Å². The Bertz CT molecular complexity index is 2220. The van der Waals surface area contributed by atoms with Crippen LogP contribution >= 0.6 is 15.9 Å². The fourth-order valence-corrected chi connectivity index (χ4v) is 9.45. The van der Waals surface area contributed by atoms with E-state index in [4.69, 9.17) is 9.47 Å². The van der Waals surface area contributed by atoms with Crippen molar-refractivity contribution in [3.8, 4) is 17.2 Å². The van der Waals surface area contributed by atoms with E-state index in [0.717, 1.165) is 10.0 Å². The Kier molecular flexibility index (Phi) is 8.77. The van der Waals surface area contributed by atoms with E-state index in [0.29, 0.717) is 34.4 Å². The lowest BCUT2D eigenvalue weighted by molar-refractivity contribution is -0.135. The molecule has 4 aromatic rings. The number of carbonyl (C=O) groups excluding carboxylic acids is 4. The van der Waals surface area contributed by atoms with Gasteiger partial charge in [0.2, 0.25) is 17.6 Å². The van der Waals surface area contributed by atoms with Crippen LogP contribution in [0.25, 0.3) is 11.6 Å². The van der Waals surface area contributed by atoms with Crippen LogP contribution in [0.4, 0.5) is 5.69 Å². The predicted molar refractivity (Wildman–Crippen MR) is 204 cm³/mol. The number of methoxy groups -OCH3 is 2. The number of allylic oxidation sites excluding steroid dienone is 5. The molecule has 3 aliphatic carbocycles. The molecule has 6 atom stereocenters. The molecule has 1 N–H and O–H groups in total. The first-order chi connectivity index (χ1) is 25.7. The van der Waals surface area contributed by atoms with Gasteiger partial charge in [0.25, 0.3) is 0 Å². The molecular weight excluding hydrogens is 734 g/mol. The van der Waals surface area contributed by atoms with Crippen LogP contribution in [-0.2, 0) is 24.6 Å². The molecule has 0 radical (unpaired) electrons. The molecule has 0 spiro atoms. The highest BCUT2D eigenvalue weighted by molar-refractivity contribution is 9.10. The molecule has 0 bridgehead atoms. The summed E-state index contributed by atoms with van der Waals surface area (Å²) in [5.74, 6) is -3.96. The minimum absolute atomic E-state index is 0.141. The van der Waals surface area contributed by atoms with Crippen LogP contribution in [0.3, 0.4) is 0 Å². The van der Waals surface area contributed by atoms with Crippen molar-refractivity contribution in [2.24, 2.45) is 29.6 Å². The lowest BCUT2D eigenvalue weighted by Crippen LogP contribution is -2.59. The van der Waals surface area contributed by atoms with Crippen molar-refractivity contribution >= 4 is 56.6 Å². The number of phenols is 1. The first-order valence-corrected chi connectivity index (χ1v) is 18.4. The average Bonchev–Trinajstić information content (AvgIpc) is 3.44. The van der Waals surface area contributed by atoms with Crippen LogP contribution in [0.2, 0.25) is 0 Å². The summed E-state index contributed by atoms with van der Waals surface area (Å²) in [6.45, 7) is 0. The third-order valence-corrected chi connectivity index (χ3v) is 12.0. The Hall–Kier alpha value is -5.54. The molecular formula is C44H36BrNO7. The molecule has 4 aromatic carbocycles. The number of nitrogens with zero attached hydrogens (tertiary/aromatic N) is 1. The molecule has 1 saturated carbocycles. The average molecular weight is 771 g/mol. The highest BCUT2D eigenvalue weighted by Gasteiger charge is 2.65. The van der Waals surface area contributed by atoms with Gasteiger partial charge in [0, 0.05) is 21.9 Å². The topological polar surface area (TPSA) is 110 Å². The molecule has 2 fully saturated rings. The first kappa shape index (κ1) is 34.5. The van der Waals surface area contributed by atoms with Crippen molar-refractivity contribution in [1.82, 2.24) is 0 Å². The van der Waals surface area contributed by atoms with Gasteiger partial charge in [0.1, 0.15) is 0 Å². The van der Waals surface area contributed by atoms with Crippen LogP contribution in [0.15, 0.2) is 125 Å². The second-order valence-corrected chi connectivity index (χ2v) is 14.9. The van der Waals surface area contributed by atoms with Crippen LogP contribution in [0.1, 0.15) is 29.5 Å². The predicted octanol–water partition coefficient (Wildman–Crippen LogP) is 7.75. The number of anilines is 1. The molecule has 53 heavy (non-hydrogen) atoms. The Morgan fingerprint density at radius 1 is 0.830 bits per heavy atom. The smallest absolute Gasteiger partial charge is 0.238 e. The van der Waals surface area contributed by atoms with Gasteiger partial charge in [-0.2, -0.15) is 0 Å². The van der Waals surface area contributed by atoms with E-state index in [2.05, 4.69) is 15.9 Å². The number of carbonyl (C=O) groups is 4. The highest BCUT2D eigenvalue weighted by Crippen LogP contribution is 2.61. The van der Waals surface area contributed by atoms with Gasteiger partial charge < -0.3 is 14.6 Å². The molecule has 266 valence electrons. The quantitative estimate of drug-likeness (QED) is 0.151. The fourth-order valence-electron chi connectivity index (χ4n) is 9.18.